The molecule has 0 aliphatic heterocycles. The van der Waals surface area contributed by atoms with Crippen molar-refractivity contribution in [2.24, 2.45) is 0 Å². The molecular formula is C7H6BrFINO. The lowest BCUT2D eigenvalue weighted by molar-refractivity contribution is 0.271. The molecule has 0 aliphatic rings. The van der Waals surface area contributed by atoms with E-state index in [1.54, 1.807) is 12.1 Å². The third-order valence-electron chi connectivity index (χ3n) is 1.12. The molecule has 0 fully saturated rings. The topological polar surface area (TPSA) is 22.1 Å². The molecule has 1 rings (SSSR count). The first kappa shape index (κ1) is 10.2. The van der Waals surface area contributed by atoms with E-state index in [1.807, 2.05) is 0 Å². The maximum absolute atomic E-state index is 11.7. The molecular weight excluding hydrogens is 340 g/mol. The Labute approximate surface area is 91.8 Å². The molecule has 0 radical (unpaired) electrons. The van der Waals surface area contributed by atoms with Gasteiger partial charge in [-0.1, -0.05) is 0 Å². The highest BCUT2D eigenvalue weighted by atomic mass is 127. The molecule has 0 aliphatic carbocycles. The normalized spacial score (nSPS) is 9.92. The fraction of sp³-hybridized carbons (Fsp3) is 0.286. The van der Waals surface area contributed by atoms with E-state index in [1.165, 1.54) is 0 Å². The molecule has 0 bridgehead atoms. The van der Waals surface area contributed by atoms with Crippen molar-refractivity contribution >= 4 is 38.5 Å². The van der Waals surface area contributed by atoms with Crippen molar-refractivity contribution in [3.8, 4) is 5.75 Å². The van der Waals surface area contributed by atoms with Crippen molar-refractivity contribution in [1.82, 2.24) is 4.98 Å². The summed E-state index contributed by atoms with van der Waals surface area (Å²) in [6.07, 6.45) is 0. The van der Waals surface area contributed by atoms with E-state index in [9.17, 15) is 4.39 Å². The van der Waals surface area contributed by atoms with Crippen molar-refractivity contribution in [1.29, 1.82) is 0 Å². The Morgan fingerprint density at radius 3 is 2.92 bits per heavy atom. The zero-order chi connectivity index (χ0) is 8.97. The predicted octanol–water partition coefficient (Wildman–Crippen LogP) is 2.80. The highest BCUT2D eigenvalue weighted by Gasteiger charge is 2.01. The summed E-state index contributed by atoms with van der Waals surface area (Å²) in [6.45, 7) is -0.417. The van der Waals surface area contributed by atoms with Gasteiger partial charge in [-0.3, -0.25) is 0 Å². The molecule has 12 heavy (non-hydrogen) atoms. The van der Waals surface area contributed by atoms with Gasteiger partial charge in [-0.05, 0) is 50.7 Å². The summed E-state index contributed by atoms with van der Waals surface area (Å²) in [7, 11) is 0. The molecule has 0 saturated carbocycles. The molecule has 0 aromatic carbocycles. The van der Waals surface area contributed by atoms with E-state index in [-0.39, 0.29) is 6.61 Å². The van der Waals surface area contributed by atoms with Gasteiger partial charge < -0.3 is 4.74 Å². The summed E-state index contributed by atoms with van der Waals surface area (Å²) in [5.74, 6) is 0.577. The largest absolute Gasteiger partial charge is 0.488 e. The second kappa shape index (κ2) is 4.96. The molecule has 1 heterocycles. The van der Waals surface area contributed by atoms with Gasteiger partial charge in [0.25, 0.3) is 0 Å². The molecule has 0 saturated heterocycles. The fourth-order valence-corrected chi connectivity index (χ4v) is 1.85. The number of alkyl halides is 1. The van der Waals surface area contributed by atoms with Gasteiger partial charge in [0.2, 0.25) is 0 Å². The predicted molar refractivity (Wildman–Crippen MR) is 56.1 cm³/mol. The van der Waals surface area contributed by atoms with Crippen molar-refractivity contribution in [3.63, 3.8) is 0 Å². The number of rotatable bonds is 3. The Kier molecular flexibility index (Phi) is 4.20. The summed E-state index contributed by atoms with van der Waals surface area (Å²) in [5.41, 5.74) is 0. The first-order valence-electron chi connectivity index (χ1n) is 3.25. The summed E-state index contributed by atoms with van der Waals surface area (Å²) in [5, 5.41) is 0. The van der Waals surface area contributed by atoms with Crippen LogP contribution in [0.2, 0.25) is 0 Å². The lowest BCUT2D eigenvalue weighted by Gasteiger charge is -2.04. The number of ether oxygens (including phenoxy) is 1. The number of nitrogens with zero attached hydrogens (tertiary/aromatic N) is 1. The highest BCUT2D eigenvalue weighted by Crippen LogP contribution is 2.23. The lowest BCUT2D eigenvalue weighted by Crippen LogP contribution is -2.00. The second-order valence-electron chi connectivity index (χ2n) is 1.96. The average molecular weight is 346 g/mol. The van der Waals surface area contributed by atoms with Gasteiger partial charge in [-0.15, -0.1) is 0 Å². The van der Waals surface area contributed by atoms with Crippen LogP contribution in [0.5, 0.6) is 5.75 Å². The Balaban J connectivity index is 2.72. The molecule has 0 N–H and O–H groups in total. The number of pyridine rings is 1. The zero-order valence-corrected chi connectivity index (χ0v) is 9.80. The second-order valence-corrected chi connectivity index (χ2v) is 3.82. The molecule has 66 valence electrons. The van der Waals surface area contributed by atoms with Gasteiger partial charge in [-0.2, -0.15) is 0 Å². The molecule has 0 unspecified atom stereocenters. The fourth-order valence-electron chi connectivity index (χ4n) is 0.656. The van der Waals surface area contributed by atoms with Crippen LogP contribution in [0.3, 0.4) is 0 Å². The SMILES string of the molecule is FCCOc1ccc(I)nc1Br. The van der Waals surface area contributed by atoms with E-state index < -0.39 is 6.67 Å². The first-order chi connectivity index (χ1) is 5.74. The maximum atomic E-state index is 11.7. The van der Waals surface area contributed by atoms with Crippen LogP contribution in [-0.4, -0.2) is 18.3 Å². The Morgan fingerprint density at radius 1 is 1.58 bits per heavy atom. The number of hydrogen-bond acceptors (Lipinski definition) is 2. The van der Waals surface area contributed by atoms with E-state index in [0.29, 0.717) is 10.4 Å². The van der Waals surface area contributed by atoms with Crippen LogP contribution in [-0.2, 0) is 0 Å². The van der Waals surface area contributed by atoms with Crippen LogP contribution >= 0.6 is 38.5 Å². The third kappa shape index (κ3) is 2.85. The molecule has 0 atom stereocenters. The van der Waals surface area contributed by atoms with Crippen LogP contribution in [0.15, 0.2) is 16.7 Å². The van der Waals surface area contributed by atoms with E-state index in [2.05, 4.69) is 43.5 Å². The van der Waals surface area contributed by atoms with Crippen LogP contribution in [0.1, 0.15) is 0 Å². The Morgan fingerprint density at radius 2 is 2.33 bits per heavy atom. The van der Waals surface area contributed by atoms with Crippen molar-refractivity contribution < 1.29 is 9.13 Å². The van der Waals surface area contributed by atoms with E-state index in [4.69, 9.17) is 4.74 Å². The van der Waals surface area contributed by atoms with E-state index >= 15 is 0 Å². The number of halogens is 3. The van der Waals surface area contributed by atoms with Crippen molar-refractivity contribution in [2.45, 2.75) is 0 Å². The van der Waals surface area contributed by atoms with Crippen LogP contribution in [0.25, 0.3) is 0 Å². The monoisotopic (exact) mass is 345 g/mol. The number of hydrogen-bond donors (Lipinski definition) is 0. The summed E-state index contributed by atoms with van der Waals surface area (Å²) in [6, 6.07) is 3.56. The molecule has 0 amide bonds. The van der Waals surface area contributed by atoms with Gasteiger partial charge in [-0.25, -0.2) is 9.37 Å². The number of aromatic nitrogens is 1. The highest BCUT2D eigenvalue weighted by molar-refractivity contribution is 14.1. The minimum Gasteiger partial charge on any atom is -0.488 e. The van der Waals surface area contributed by atoms with Gasteiger partial charge in [0, 0.05) is 0 Å². The summed E-state index contributed by atoms with van der Waals surface area (Å²) >= 11 is 5.30. The first-order valence-corrected chi connectivity index (χ1v) is 5.12. The zero-order valence-electron chi connectivity index (χ0n) is 6.06. The quantitative estimate of drug-likeness (QED) is 0.621. The smallest absolute Gasteiger partial charge is 0.152 e. The minimum absolute atomic E-state index is 0.0703. The average Bonchev–Trinajstić information content (AvgIpc) is 2.03. The van der Waals surface area contributed by atoms with Gasteiger partial charge >= 0.3 is 0 Å². The van der Waals surface area contributed by atoms with Crippen LogP contribution in [0, 0.1) is 3.70 Å². The van der Waals surface area contributed by atoms with Crippen LogP contribution < -0.4 is 4.74 Å². The van der Waals surface area contributed by atoms with E-state index in [0.717, 1.165) is 3.70 Å². The van der Waals surface area contributed by atoms with Crippen molar-refractivity contribution in [3.05, 3.63) is 20.4 Å². The van der Waals surface area contributed by atoms with Gasteiger partial charge in [0.05, 0.1) is 0 Å². The lowest BCUT2D eigenvalue weighted by atomic mass is 10.5. The maximum Gasteiger partial charge on any atom is 0.152 e. The molecule has 0 spiro atoms. The van der Waals surface area contributed by atoms with Gasteiger partial charge in [0.15, 0.2) is 5.75 Å². The molecule has 2 nitrogen and oxygen atoms in total. The van der Waals surface area contributed by atoms with Crippen molar-refractivity contribution in [2.75, 3.05) is 13.3 Å². The molecule has 1 aromatic heterocycles. The molecule has 5 heteroatoms. The standard InChI is InChI=1S/C7H6BrFINO/c8-7-5(12-4-3-9)1-2-6(10)11-7/h1-2H,3-4H2. The Bertz CT molecular complexity index is 272. The Hall–Kier alpha value is 0.0900. The molecule has 1 aromatic rings. The summed E-state index contributed by atoms with van der Waals surface area (Å²) < 4.78 is 18.3. The van der Waals surface area contributed by atoms with Gasteiger partial charge in [0.1, 0.15) is 21.6 Å². The third-order valence-corrected chi connectivity index (χ3v) is 2.28. The van der Waals surface area contributed by atoms with Crippen LogP contribution in [0.4, 0.5) is 4.39 Å². The minimum atomic E-state index is -0.488. The summed E-state index contributed by atoms with van der Waals surface area (Å²) in [4.78, 5) is 4.08.